The SMILES string of the molecule is Cc1cc(N=C(NO)c2nonc2COC2CCN(S(N)(=O)=O)CC2)ccc1F. The van der Waals surface area contributed by atoms with E-state index < -0.39 is 10.2 Å². The summed E-state index contributed by atoms with van der Waals surface area (Å²) in [6.45, 7) is 2.14. The molecule has 158 valence electrons. The van der Waals surface area contributed by atoms with Crippen LogP contribution in [-0.4, -0.2) is 53.3 Å². The van der Waals surface area contributed by atoms with E-state index in [4.69, 9.17) is 14.5 Å². The number of nitrogens with two attached hydrogens (primary N) is 1. The van der Waals surface area contributed by atoms with E-state index in [2.05, 4.69) is 15.3 Å². The van der Waals surface area contributed by atoms with E-state index in [0.29, 0.717) is 24.1 Å². The molecule has 4 N–H and O–H groups in total. The van der Waals surface area contributed by atoms with Crippen LogP contribution < -0.4 is 10.6 Å². The summed E-state index contributed by atoms with van der Waals surface area (Å²) >= 11 is 0. The van der Waals surface area contributed by atoms with Crippen molar-refractivity contribution in [3.63, 3.8) is 0 Å². The Morgan fingerprint density at radius 3 is 2.79 bits per heavy atom. The molecule has 0 bridgehead atoms. The number of aliphatic imine (C=N–C) groups is 1. The van der Waals surface area contributed by atoms with Gasteiger partial charge in [-0.2, -0.15) is 12.7 Å². The van der Waals surface area contributed by atoms with Gasteiger partial charge in [-0.15, -0.1) is 0 Å². The number of amidine groups is 1. The van der Waals surface area contributed by atoms with E-state index in [1.54, 1.807) is 6.92 Å². The Labute approximate surface area is 166 Å². The molecule has 29 heavy (non-hydrogen) atoms. The van der Waals surface area contributed by atoms with E-state index in [0.717, 1.165) is 0 Å². The van der Waals surface area contributed by atoms with E-state index in [-0.39, 0.29) is 48.8 Å². The van der Waals surface area contributed by atoms with Crippen LogP contribution in [-0.2, 0) is 21.6 Å². The van der Waals surface area contributed by atoms with Gasteiger partial charge < -0.3 is 4.74 Å². The minimum absolute atomic E-state index is 0.0159. The van der Waals surface area contributed by atoms with Gasteiger partial charge >= 0.3 is 0 Å². The minimum Gasteiger partial charge on any atom is -0.372 e. The van der Waals surface area contributed by atoms with Gasteiger partial charge in [0.25, 0.3) is 10.2 Å². The lowest BCUT2D eigenvalue weighted by Gasteiger charge is -2.29. The predicted octanol–water partition coefficient (Wildman–Crippen LogP) is 0.759. The molecule has 1 fully saturated rings. The second kappa shape index (κ2) is 8.92. The van der Waals surface area contributed by atoms with Crippen LogP contribution in [0, 0.1) is 12.7 Å². The average Bonchev–Trinajstić information content (AvgIpc) is 3.15. The first-order chi connectivity index (χ1) is 13.8. The number of hydrogen-bond donors (Lipinski definition) is 3. The number of ether oxygens (including phenoxy) is 1. The highest BCUT2D eigenvalue weighted by Gasteiger charge is 2.26. The molecule has 0 radical (unpaired) electrons. The molecule has 13 heteroatoms. The van der Waals surface area contributed by atoms with Gasteiger partial charge in [0.05, 0.1) is 18.4 Å². The second-order valence-electron chi connectivity index (χ2n) is 6.52. The van der Waals surface area contributed by atoms with Gasteiger partial charge in [0.1, 0.15) is 11.5 Å². The van der Waals surface area contributed by atoms with Gasteiger partial charge in [-0.25, -0.2) is 19.2 Å². The number of nitrogens with one attached hydrogen (secondary N) is 1. The van der Waals surface area contributed by atoms with Gasteiger partial charge in [0.15, 0.2) is 11.5 Å². The molecule has 0 saturated carbocycles. The van der Waals surface area contributed by atoms with Crippen molar-refractivity contribution in [3.8, 4) is 0 Å². The third kappa shape index (κ3) is 5.33. The van der Waals surface area contributed by atoms with Crippen LogP contribution in [0.25, 0.3) is 0 Å². The van der Waals surface area contributed by atoms with E-state index in [1.165, 1.54) is 22.5 Å². The van der Waals surface area contributed by atoms with Gasteiger partial charge in [-0.3, -0.25) is 10.7 Å². The monoisotopic (exact) mass is 428 g/mol. The first kappa shape index (κ1) is 21.3. The number of aromatic nitrogens is 2. The van der Waals surface area contributed by atoms with Crippen molar-refractivity contribution < 1.29 is 27.4 Å². The molecule has 1 aromatic carbocycles. The van der Waals surface area contributed by atoms with Crippen LogP contribution in [0.15, 0.2) is 27.8 Å². The van der Waals surface area contributed by atoms with Crippen molar-refractivity contribution in [2.45, 2.75) is 32.5 Å². The molecule has 0 spiro atoms. The van der Waals surface area contributed by atoms with Crippen molar-refractivity contribution in [2.75, 3.05) is 13.1 Å². The number of nitrogens with zero attached hydrogens (tertiary/aromatic N) is 4. The maximum Gasteiger partial charge on any atom is 0.276 e. The Hall–Kier alpha value is -2.45. The number of piperidine rings is 1. The van der Waals surface area contributed by atoms with Crippen LogP contribution in [0.3, 0.4) is 0 Å². The third-order valence-corrected chi connectivity index (χ3v) is 5.57. The summed E-state index contributed by atoms with van der Waals surface area (Å²) in [6.07, 6.45) is 0.760. The Kier molecular flexibility index (Phi) is 6.54. The van der Waals surface area contributed by atoms with Crippen molar-refractivity contribution in [1.82, 2.24) is 20.1 Å². The van der Waals surface area contributed by atoms with Crippen molar-refractivity contribution in [2.24, 2.45) is 10.1 Å². The molecule has 1 saturated heterocycles. The van der Waals surface area contributed by atoms with Crippen molar-refractivity contribution in [3.05, 3.63) is 41.0 Å². The van der Waals surface area contributed by atoms with Crippen LogP contribution in [0.2, 0.25) is 0 Å². The summed E-state index contributed by atoms with van der Waals surface area (Å²) < 4.78 is 47.8. The summed E-state index contributed by atoms with van der Waals surface area (Å²) in [5.74, 6) is -0.409. The highest BCUT2D eigenvalue weighted by Crippen LogP contribution is 2.20. The molecule has 1 aliphatic heterocycles. The third-order valence-electron chi connectivity index (χ3n) is 4.49. The summed E-state index contributed by atoms with van der Waals surface area (Å²) in [6, 6.07) is 4.22. The fraction of sp³-hybridized carbons (Fsp3) is 0.438. The molecular weight excluding hydrogens is 407 g/mol. The van der Waals surface area contributed by atoms with E-state index in [1.807, 2.05) is 5.48 Å². The molecule has 2 aromatic rings. The van der Waals surface area contributed by atoms with E-state index >= 15 is 0 Å². The largest absolute Gasteiger partial charge is 0.372 e. The number of halogens is 1. The molecule has 1 aliphatic rings. The first-order valence-corrected chi connectivity index (χ1v) is 10.2. The van der Waals surface area contributed by atoms with Crippen molar-refractivity contribution >= 4 is 21.7 Å². The molecule has 0 aliphatic carbocycles. The fourth-order valence-corrected chi connectivity index (χ4v) is 3.61. The van der Waals surface area contributed by atoms with Gasteiger partial charge in [-0.05, 0) is 48.7 Å². The smallest absolute Gasteiger partial charge is 0.276 e. The van der Waals surface area contributed by atoms with Crippen LogP contribution in [0.4, 0.5) is 10.1 Å². The van der Waals surface area contributed by atoms with Gasteiger partial charge in [-0.1, -0.05) is 5.16 Å². The summed E-state index contributed by atoms with van der Waals surface area (Å²) in [4.78, 5) is 4.20. The van der Waals surface area contributed by atoms with Crippen LogP contribution in [0.1, 0.15) is 29.8 Å². The zero-order valence-corrected chi connectivity index (χ0v) is 16.4. The molecule has 11 nitrogen and oxygen atoms in total. The molecule has 0 unspecified atom stereocenters. The Bertz CT molecular complexity index is 987. The average molecular weight is 428 g/mol. The highest BCUT2D eigenvalue weighted by molar-refractivity contribution is 7.86. The van der Waals surface area contributed by atoms with E-state index in [9.17, 15) is 18.0 Å². The molecular formula is C16H21FN6O5S. The topological polar surface area (TPSA) is 156 Å². The highest BCUT2D eigenvalue weighted by atomic mass is 32.2. The standard InChI is InChI=1S/C16H21FN6O5S/c1-10-8-11(2-3-13(10)17)19-16(20-24)15-14(21-28-22-15)9-27-12-4-6-23(7-5-12)29(18,25)26/h2-3,8,12,24H,4-7,9H2,1H3,(H,19,20)(H2,18,25,26). The molecule has 3 rings (SSSR count). The van der Waals surface area contributed by atoms with Gasteiger partial charge in [0.2, 0.25) is 0 Å². The Morgan fingerprint density at radius 1 is 1.45 bits per heavy atom. The summed E-state index contributed by atoms with van der Waals surface area (Å²) in [5, 5.41) is 22.1. The van der Waals surface area contributed by atoms with Gasteiger partial charge in [0, 0.05) is 13.1 Å². The Balaban J connectivity index is 1.67. The normalized spacial score (nSPS) is 16.9. The first-order valence-electron chi connectivity index (χ1n) is 8.74. The lowest BCUT2D eigenvalue weighted by Crippen LogP contribution is -2.44. The lowest BCUT2D eigenvalue weighted by atomic mass is 10.1. The van der Waals surface area contributed by atoms with Crippen molar-refractivity contribution in [1.29, 1.82) is 0 Å². The molecule has 0 atom stereocenters. The van der Waals surface area contributed by atoms with Crippen LogP contribution in [0.5, 0.6) is 0 Å². The maximum absolute atomic E-state index is 13.4. The second-order valence-corrected chi connectivity index (χ2v) is 8.07. The summed E-state index contributed by atoms with van der Waals surface area (Å²) in [7, 11) is -3.70. The number of hydroxylamine groups is 1. The van der Waals surface area contributed by atoms with Crippen LogP contribution >= 0.6 is 0 Å². The number of benzene rings is 1. The molecule has 2 heterocycles. The lowest BCUT2D eigenvalue weighted by molar-refractivity contribution is 0.00757. The predicted molar refractivity (Wildman–Crippen MR) is 99.0 cm³/mol. The maximum atomic E-state index is 13.4. The number of aryl methyl sites for hydroxylation is 1. The Morgan fingerprint density at radius 2 is 2.17 bits per heavy atom. The zero-order valence-electron chi connectivity index (χ0n) is 15.6. The molecule has 1 aromatic heterocycles. The zero-order chi connectivity index (χ0) is 21.0. The number of rotatable bonds is 6. The fourth-order valence-electron chi connectivity index (χ4n) is 2.89. The quantitative estimate of drug-likeness (QED) is 0.346. The minimum atomic E-state index is -3.70. The molecule has 0 amide bonds. The summed E-state index contributed by atoms with van der Waals surface area (Å²) in [5.41, 5.74) is 3.16. The number of hydrogen-bond acceptors (Lipinski definition) is 8.